The van der Waals surface area contributed by atoms with Crippen molar-refractivity contribution in [3.8, 4) is 0 Å². The maximum absolute atomic E-state index is 11.4. The van der Waals surface area contributed by atoms with Gasteiger partial charge in [-0.05, 0) is 20.8 Å². The highest BCUT2D eigenvalue weighted by Crippen LogP contribution is 2.08. The van der Waals surface area contributed by atoms with Crippen LogP contribution in [0.5, 0.6) is 0 Å². The van der Waals surface area contributed by atoms with Crippen LogP contribution in [0.15, 0.2) is 0 Å². The molecule has 0 spiro atoms. The highest BCUT2D eigenvalue weighted by atomic mass is 35.5. The largest absolute Gasteiger partial charge is 1.00 e. The number of carbonyl (C=O) groups is 1. The Morgan fingerprint density at radius 3 is 2.29 bits per heavy atom. The molecule has 0 aliphatic heterocycles. The molecule has 0 aromatic rings. The Labute approximate surface area is 92.4 Å². The van der Waals surface area contributed by atoms with Crippen molar-refractivity contribution in [1.29, 1.82) is 0 Å². The predicted octanol–water partition coefficient (Wildman–Crippen LogP) is -2.95. The average Bonchev–Trinajstić information content (AvgIpc) is 1.96. The van der Waals surface area contributed by atoms with E-state index in [-0.39, 0.29) is 18.5 Å². The number of quaternary nitrogens is 1. The SMILES string of the molecule is C[NH2+]CCN(C)C(=O)OC(C)(C)C.[Cl-]. The second-order valence-electron chi connectivity index (χ2n) is 4.10. The lowest BCUT2D eigenvalue weighted by atomic mass is 10.2. The van der Waals surface area contributed by atoms with Crippen LogP contribution in [-0.4, -0.2) is 43.8 Å². The van der Waals surface area contributed by atoms with Crippen molar-refractivity contribution in [2.45, 2.75) is 26.4 Å². The molecule has 0 heterocycles. The van der Waals surface area contributed by atoms with E-state index in [1.54, 1.807) is 11.9 Å². The van der Waals surface area contributed by atoms with Crippen molar-refractivity contribution in [3.05, 3.63) is 0 Å². The zero-order valence-electron chi connectivity index (χ0n) is 9.63. The second-order valence-corrected chi connectivity index (χ2v) is 4.10. The number of likely N-dealkylation sites (N-methyl/N-ethyl adjacent to an activating group) is 2. The van der Waals surface area contributed by atoms with Crippen LogP contribution < -0.4 is 17.7 Å². The second kappa shape index (κ2) is 6.90. The molecule has 0 aliphatic carbocycles. The summed E-state index contributed by atoms with van der Waals surface area (Å²) in [6.45, 7) is 7.21. The van der Waals surface area contributed by atoms with Gasteiger partial charge < -0.3 is 27.4 Å². The number of nitrogens with two attached hydrogens (primary N) is 1. The summed E-state index contributed by atoms with van der Waals surface area (Å²) in [6.07, 6.45) is -0.255. The molecule has 0 radical (unpaired) electrons. The van der Waals surface area contributed by atoms with E-state index in [1.165, 1.54) is 0 Å². The standard InChI is InChI=1S/C9H20N2O2.ClH/c1-9(2,3)13-8(12)11(5)7-6-10-4;/h10H,6-7H2,1-5H3;1H. The summed E-state index contributed by atoms with van der Waals surface area (Å²) < 4.78 is 5.17. The monoisotopic (exact) mass is 224 g/mol. The number of ether oxygens (including phenoxy) is 1. The molecule has 0 aromatic carbocycles. The predicted molar refractivity (Wildman–Crippen MR) is 51.6 cm³/mol. The van der Waals surface area contributed by atoms with Crippen molar-refractivity contribution in [2.75, 3.05) is 27.2 Å². The zero-order valence-corrected chi connectivity index (χ0v) is 10.4. The summed E-state index contributed by atoms with van der Waals surface area (Å²) in [4.78, 5) is 12.9. The van der Waals surface area contributed by atoms with Gasteiger partial charge in [-0.3, -0.25) is 0 Å². The molecule has 1 amide bonds. The molecule has 5 heteroatoms. The van der Waals surface area contributed by atoms with Crippen LogP contribution >= 0.6 is 0 Å². The van der Waals surface area contributed by atoms with E-state index in [0.717, 1.165) is 6.54 Å². The maximum atomic E-state index is 11.4. The van der Waals surface area contributed by atoms with Gasteiger partial charge in [-0.2, -0.15) is 0 Å². The Hall–Kier alpha value is -0.480. The number of hydrogen-bond acceptors (Lipinski definition) is 2. The fourth-order valence-electron chi connectivity index (χ4n) is 0.754. The van der Waals surface area contributed by atoms with Gasteiger partial charge in [0.05, 0.1) is 20.1 Å². The molecule has 2 N–H and O–H groups in total. The molecular weight excluding hydrogens is 204 g/mol. The summed E-state index contributed by atoms with van der Waals surface area (Å²) in [7, 11) is 3.72. The number of rotatable bonds is 3. The third-order valence-electron chi connectivity index (χ3n) is 1.46. The van der Waals surface area contributed by atoms with E-state index in [0.29, 0.717) is 6.54 Å². The topological polar surface area (TPSA) is 46.2 Å². The first-order chi connectivity index (χ1) is 5.87. The molecule has 0 aliphatic rings. The molecule has 0 bridgehead atoms. The van der Waals surface area contributed by atoms with E-state index in [2.05, 4.69) is 0 Å². The van der Waals surface area contributed by atoms with Crippen LogP contribution in [0.2, 0.25) is 0 Å². The minimum absolute atomic E-state index is 0. The van der Waals surface area contributed by atoms with Crippen molar-refractivity contribution >= 4 is 6.09 Å². The smallest absolute Gasteiger partial charge is 0.410 e. The number of carbonyl (C=O) groups excluding carboxylic acids is 1. The Balaban J connectivity index is 0. The molecule has 0 saturated heterocycles. The number of amides is 1. The summed E-state index contributed by atoms with van der Waals surface area (Å²) in [5.41, 5.74) is -0.402. The van der Waals surface area contributed by atoms with Gasteiger partial charge >= 0.3 is 6.09 Å². The van der Waals surface area contributed by atoms with Crippen LogP contribution in [0.4, 0.5) is 4.79 Å². The Kier molecular flexibility index (Phi) is 7.87. The van der Waals surface area contributed by atoms with Crippen LogP contribution in [0, 0.1) is 0 Å². The molecule has 0 rings (SSSR count). The summed E-state index contributed by atoms with van der Waals surface area (Å²) >= 11 is 0. The first kappa shape index (κ1) is 16.0. The fourth-order valence-corrected chi connectivity index (χ4v) is 0.754. The van der Waals surface area contributed by atoms with Crippen molar-refractivity contribution in [1.82, 2.24) is 4.90 Å². The van der Waals surface area contributed by atoms with Crippen LogP contribution in [0.25, 0.3) is 0 Å². The van der Waals surface area contributed by atoms with E-state index in [9.17, 15) is 4.79 Å². The minimum Gasteiger partial charge on any atom is -1.00 e. The van der Waals surface area contributed by atoms with Gasteiger partial charge in [-0.15, -0.1) is 0 Å². The third-order valence-corrected chi connectivity index (χ3v) is 1.46. The van der Waals surface area contributed by atoms with Crippen LogP contribution in [0.3, 0.4) is 0 Å². The first-order valence-corrected chi connectivity index (χ1v) is 4.59. The average molecular weight is 225 g/mol. The number of hydrogen-bond donors (Lipinski definition) is 1. The van der Waals surface area contributed by atoms with E-state index in [4.69, 9.17) is 4.74 Å². The van der Waals surface area contributed by atoms with Gasteiger partial charge in [0.1, 0.15) is 5.60 Å². The highest BCUT2D eigenvalue weighted by Gasteiger charge is 2.19. The molecule has 4 nitrogen and oxygen atoms in total. The third kappa shape index (κ3) is 8.13. The quantitative estimate of drug-likeness (QED) is 0.558. The van der Waals surface area contributed by atoms with Gasteiger partial charge in [0.25, 0.3) is 0 Å². The Morgan fingerprint density at radius 2 is 1.93 bits per heavy atom. The molecule has 86 valence electrons. The van der Waals surface area contributed by atoms with Gasteiger partial charge in [-0.25, -0.2) is 4.79 Å². The van der Waals surface area contributed by atoms with Gasteiger partial charge in [0.15, 0.2) is 0 Å². The van der Waals surface area contributed by atoms with E-state index < -0.39 is 5.60 Å². The Bertz CT molecular complexity index is 169. The van der Waals surface area contributed by atoms with Crippen molar-refractivity contribution in [2.24, 2.45) is 0 Å². The number of nitrogens with zero attached hydrogens (tertiary/aromatic N) is 1. The van der Waals surface area contributed by atoms with E-state index >= 15 is 0 Å². The molecule has 0 atom stereocenters. The van der Waals surface area contributed by atoms with Gasteiger partial charge in [-0.1, -0.05) is 0 Å². The Morgan fingerprint density at radius 1 is 1.43 bits per heavy atom. The van der Waals surface area contributed by atoms with Crippen molar-refractivity contribution < 1.29 is 27.3 Å². The van der Waals surface area contributed by atoms with Gasteiger partial charge in [0, 0.05) is 7.05 Å². The normalized spacial score (nSPS) is 10.4. The molecule has 0 unspecified atom stereocenters. The molecular formula is C9H21ClN2O2. The minimum atomic E-state index is -0.402. The number of halogens is 1. The lowest BCUT2D eigenvalue weighted by Gasteiger charge is -2.24. The molecule has 0 fully saturated rings. The highest BCUT2D eigenvalue weighted by molar-refractivity contribution is 5.67. The van der Waals surface area contributed by atoms with Crippen molar-refractivity contribution in [3.63, 3.8) is 0 Å². The maximum Gasteiger partial charge on any atom is 0.410 e. The lowest BCUT2D eigenvalue weighted by Crippen LogP contribution is -3.00. The van der Waals surface area contributed by atoms with Crippen LogP contribution in [0.1, 0.15) is 20.8 Å². The molecule has 0 saturated carbocycles. The first-order valence-electron chi connectivity index (χ1n) is 4.59. The summed E-state index contributed by atoms with van der Waals surface area (Å²) in [5, 5.41) is 2.03. The molecule has 14 heavy (non-hydrogen) atoms. The fraction of sp³-hybridized carbons (Fsp3) is 0.889. The van der Waals surface area contributed by atoms with E-state index in [1.807, 2.05) is 33.1 Å². The zero-order chi connectivity index (χ0) is 10.5. The van der Waals surface area contributed by atoms with Crippen LogP contribution in [-0.2, 0) is 4.74 Å². The molecule has 0 aromatic heterocycles. The summed E-state index contributed by atoms with van der Waals surface area (Å²) in [5.74, 6) is 0. The summed E-state index contributed by atoms with van der Waals surface area (Å²) in [6, 6.07) is 0. The van der Waals surface area contributed by atoms with Gasteiger partial charge in [0.2, 0.25) is 0 Å². The lowest BCUT2D eigenvalue weighted by molar-refractivity contribution is -0.626.